The maximum atomic E-state index is 6.60. The first-order valence-corrected chi connectivity index (χ1v) is 8.33. The zero-order valence-corrected chi connectivity index (χ0v) is 13.8. The van der Waals surface area contributed by atoms with E-state index in [1.807, 2.05) is 54.7 Å². The van der Waals surface area contributed by atoms with E-state index < -0.39 is 0 Å². The van der Waals surface area contributed by atoms with E-state index in [9.17, 15) is 0 Å². The van der Waals surface area contributed by atoms with Gasteiger partial charge in [0.15, 0.2) is 0 Å². The van der Waals surface area contributed by atoms with E-state index in [4.69, 9.17) is 11.6 Å². The van der Waals surface area contributed by atoms with Gasteiger partial charge in [-0.25, -0.2) is 0 Å². The molecule has 2 aromatic rings. The van der Waals surface area contributed by atoms with Crippen molar-refractivity contribution in [3.8, 4) is 0 Å². The molecule has 23 heavy (non-hydrogen) atoms. The topological polar surface area (TPSA) is 12.0 Å². The van der Waals surface area contributed by atoms with Gasteiger partial charge in [-0.05, 0) is 48.1 Å². The smallest absolute Gasteiger partial charge is 0.0484 e. The lowest BCUT2D eigenvalue weighted by molar-refractivity contribution is 0.791. The van der Waals surface area contributed by atoms with Crippen molar-refractivity contribution in [2.75, 3.05) is 5.32 Å². The highest BCUT2D eigenvalue weighted by atomic mass is 35.5. The van der Waals surface area contributed by atoms with Crippen LogP contribution in [0.15, 0.2) is 89.1 Å². The van der Waals surface area contributed by atoms with Crippen LogP contribution >= 0.6 is 11.6 Å². The van der Waals surface area contributed by atoms with Crippen molar-refractivity contribution in [1.82, 2.24) is 0 Å². The third-order valence-electron chi connectivity index (χ3n) is 3.92. The Bertz CT molecular complexity index is 727. The van der Waals surface area contributed by atoms with E-state index in [-0.39, 0.29) is 0 Å². The van der Waals surface area contributed by atoms with Gasteiger partial charge in [0.05, 0.1) is 0 Å². The molecule has 2 heteroatoms. The number of rotatable bonds is 4. The Hall–Kier alpha value is -2.25. The predicted molar refractivity (Wildman–Crippen MR) is 100 cm³/mol. The fourth-order valence-electron chi connectivity index (χ4n) is 2.65. The van der Waals surface area contributed by atoms with Gasteiger partial charge in [0, 0.05) is 16.9 Å². The van der Waals surface area contributed by atoms with Crippen LogP contribution in [0.2, 0.25) is 0 Å². The average Bonchev–Trinajstić information content (AvgIpc) is 2.61. The van der Waals surface area contributed by atoms with Crippen molar-refractivity contribution in [1.29, 1.82) is 0 Å². The van der Waals surface area contributed by atoms with Crippen LogP contribution in [-0.4, -0.2) is 0 Å². The molecule has 0 heterocycles. The lowest BCUT2D eigenvalue weighted by atomic mass is 9.94. The summed E-state index contributed by atoms with van der Waals surface area (Å²) < 4.78 is 0. The van der Waals surface area contributed by atoms with Gasteiger partial charge in [-0.3, -0.25) is 0 Å². The summed E-state index contributed by atoms with van der Waals surface area (Å²) in [6.07, 6.45) is 9.49. The zero-order chi connectivity index (χ0) is 15.9. The van der Waals surface area contributed by atoms with Crippen molar-refractivity contribution < 1.29 is 0 Å². The molecule has 0 atom stereocenters. The Morgan fingerprint density at radius 1 is 0.826 bits per heavy atom. The molecule has 0 fully saturated rings. The molecular weight excluding hydrogens is 302 g/mol. The van der Waals surface area contributed by atoms with Gasteiger partial charge < -0.3 is 5.32 Å². The summed E-state index contributed by atoms with van der Waals surface area (Å²) in [7, 11) is 0. The third-order valence-corrected chi connectivity index (χ3v) is 4.40. The number of benzene rings is 2. The normalized spacial score (nSPS) is 17.0. The summed E-state index contributed by atoms with van der Waals surface area (Å²) in [4.78, 5) is 0. The summed E-state index contributed by atoms with van der Waals surface area (Å²) in [6.45, 7) is 0. The Morgan fingerprint density at radius 2 is 1.52 bits per heavy atom. The van der Waals surface area contributed by atoms with E-state index in [0.717, 1.165) is 30.0 Å². The summed E-state index contributed by atoms with van der Waals surface area (Å²) in [5.74, 6) is 0. The number of nitrogens with one attached hydrogen (secondary N) is 1. The maximum absolute atomic E-state index is 6.60. The predicted octanol–water partition coefficient (Wildman–Crippen LogP) is 6.37. The molecule has 0 aliphatic heterocycles. The summed E-state index contributed by atoms with van der Waals surface area (Å²) in [5, 5.41) is 4.22. The summed E-state index contributed by atoms with van der Waals surface area (Å²) in [5.41, 5.74) is 4.66. The fourth-order valence-corrected chi connectivity index (χ4v) is 2.96. The molecule has 0 spiro atoms. The van der Waals surface area contributed by atoms with Crippen LogP contribution in [0.5, 0.6) is 0 Å². The molecule has 0 amide bonds. The van der Waals surface area contributed by atoms with E-state index in [1.165, 1.54) is 16.7 Å². The highest BCUT2D eigenvalue weighted by Gasteiger charge is 2.13. The Balaban J connectivity index is 1.76. The quantitative estimate of drug-likeness (QED) is 0.689. The lowest BCUT2D eigenvalue weighted by Crippen LogP contribution is -2.00. The van der Waals surface area contributed by atoms with Gasteiger partial charge in [0.1, 0.15) is 0 Å². The van der Waals surface area contributed by atoms with Gasteiger partial charge in [-0.2, -0.15) is 0 Å². The number of hydrogen-bond acceptors (Lipinski definition) is 1. The largest absolute Gasteiger partial charge is 0.361 e. The lowest BCUT2D eigenvalue weighted by Gasteiger charge is -2.17. The molecule has 0 saturated heterocycles. The molecule has 1 aliphatic carbocycles. The molecular formula is C21H20ClN. The van der Waals surface area contributed by atoms with Crippen LogP contribution in [0.3, 0.4) is 0 Å². The van der Waals surface area contributed by atoms with Crippen molar-refractivity contribution in [2.45, 2.75) is 19.3 Å². The second kappa shape index (κ2) is 7.85. The van der Waals surface area contributed by atoms with Crippen molar-refractivity contribution in [2.24, 2.45) is 0 Å². The number of halogens is 1. The average molecular weight is 322 g/mol. The van der Waals surface area contributed by atoms with Crippen LogP contribution in [0.4, 0.5) is 5.69 Å². The Kier molecular flexibility index (Phi) is 5.33. The Morgan fingerprint density at radius 3 is 2.26 bits per heavy atom. The second-order valence-electron chi connectivity index (χ2n) is 5.62. The zero-order valence-electron chi connectivity index (χ0n) is 13.0. The number of para-hydroxylation sites is 1. The molecule has 0 radical (unpaired) electrons. The van der Waals surface area contributed by atoms with Crippen LogP contribution in [0.25, 0.3) is 6.08 Å². The standard InChI is InChI=1S/C21H20ClN/c22-21-18(15-14-17-8-3-1-4-9-17)10-7-11-19(21)16-23-20-12-5-2-6-13-20/h1-6,8-9,12-16,23H,7,10-11H2/b15-14+,19-16+. The van der Waals surface area contributed by atoms with Crippen LogP contribution in [0.1, 0.15) is 24.8 Å². The minimum atomic E-state index is 0.881. The maximum Gasteiger partial charge on any atom is 0.0484 e. The van der Waals surface area contributed by atoms with E-state index in [1.54, 1.807) is 0 Å². The monoisotopic (exact) mass is 321 g/mol. The molecule has 2 aromatic carbocycles. The minimum Gasteiger partial charge on any atom is -0.361 e. The third kappa shape index (κ3) is 4.37. The first kappa shape index (κ1) is 15.6. The molecule has 3 rings (SSSR count). The minimum absolute atomic E-state index is 0.881. The molecule has 0 saturated carbocycles. The molecule has 1 nitrogen and oxygen atoms in total. The SMILES string of the molecule is ClC1=C(/C=C/c2ccccc2)CCC/C1=C\Nc1ccccc1. The second-order valence-corrected chi connectivity index (χ2v) is 5.99. The van der Waals surface area contributed by atoms with Gasteiger partial charge in [0.2, 0.25) is 0 Å². The molecule has 0 bridgehead atoms. The number of anilines is 1. The number of allylic oxidation sites excluding steroid dienone is 4. The van der Waals surface area contributed by atoms with E-state index in [0.29, 0.717) is 0 Å². The Labute approximate surface area is 143 Å². The van der Waals surface area contributed by atoms with Crippen molar-refractivity contribution in [3.63, 3.8) is 0 Å². The first-order chi connectivity index (χ1) is 11.3. The molecule has 1 aliphatic rings. The van der Waals surface area contributed by atoms with Crippen molar-refractivity contribution in [3.05, 3.63) is 94.7 Å². The molecule has 1 N–H and O–H groups in total. The molecule has 116 valence electrons. The van der Waals surface area contributed by atoms with Crippen molar-refractivity contribution >= 4 is 23.4 Å². The number of hydrogen-bond donors (Lipinski definition) is 1. The highest BCUT2D eigenvalue weighted by molar-refractivity contribution is 6.32. The first-order valence-electron chi connectivity index (χ1n) is 7.96. The molecule has 0 unspecified atom stereocenters. The van der Waals surface area contributed by atoms with Gasteiger partial charge >= 0.3 is 0 Å². The van der Waals surface area contributed by atoms with Gasteiger partial charge in [0.25, 0.3) is 0 Å². The van der Waals surface area contributed by atoms with Gasteiger partial charge in [-0.1, -0.05) is 72.3 Å². The van der Waals surface area contributed by atoms with E-state index >= 15 is 0 Å². The molecule has 0 aromatic heterocycles. The van der Waals surface area contributed by atoms with E-state index in [2.05, 4.69) is 29.6 Å². The summed E-state index contributed by atoms with van der Waals surface area (Å²) in [6, 6.07) is 20.5. The van der Waals surface area contributed by atoms with Gasteiger partial charge in [-0.15, -0.1) is 0 Å². The van der Waals surface area contributed by atoms with Crippen LogP contribution in [-0.2, 0) is 0 Å². The van der Waals surface area contributed by atoms with Crippen LogP contribution in [0, 0.1) is 0 Å². The fraction of sp³-hybridized carbons (Fsp3) is 0.143. The highest BCUT2D eigenvalue weighted by Crippen LogP contribution is 2.33. The summed E-state index contributed by atoms with van der Waals surface area (Å²) >= 11 is 6.60. The van der Waals surface area contributed by atoms with Crippen LogP contribution < -0.4 is 5.32 Å².